The molecule has 0 saturated carbocycles. The second-order valence-corrected chi connectivity index (χ2v) is 4.22. The van der Waals surface area contributed by atoms with E-state index < -0.39 is 0 Å². The lowest BCUT2D eigenvalue weighted by Gasteiger charge is -2.06. The van der Waals surface area contributed by atoms with Crippen LogP contribution >= 0.6 is 11.3 Å². The molecule has 0 radical (unpaired) electrons. The Balaban J connectivity index is 1.85. The van der Waals surface area contributed by atoms with E-state index in [1.165, 1.54) is 5.56 Å². The molecule has 2 aromatic heterocycles. The standard InChI is InChI=1S/C12H14N2O2S/c15-4-5-16-12-2-1-11(8-14-12)13-7-10-3-6-17-9-10/h1-3,6,8-9,13,15H,4-5,7H2. The van der Waals surface area contributed by atoms with Gasteiger partial charge in [0.05, 0.1) is 18.5 Å². The van der Waals surface area contributed by atoms with Crippen LogP contribution in [0.2, 0.25) is 0 Å². The van der Waals surface area contributed by atoms with Crippen molar-refractivity contribution in [2.24, 2.45) is 0 Å². The van der Waals surface area contributed by atoms with E-state index in [1.807, 2.05) is 6.07 Å². The van der Waals surface area contributed by atoms with Crippen molar-refractivity contribution in [3.63, 3.8) is 0 Å². The average Bonchev–Trinajstić information content (AvgIpc) is 2.88. The van der Waals surface area contributed by atoms with Crippen LogP contribution in [-0.2, 0) is 6.54 Å². The quantitative estimate of drug-likeness (QED) is 0.824. The first-order valence-electron chi connectivity index (χ1n) is 5.33. The predicted molar refractivity (Wildman–Crippen MR) is 68.5 cm³/mol. The van der Waals surface area contributed by atoms with Gasteiger partial charge in [0.25, 0.3) is 0 Å². The molecule has 2 rings (SSSR count). The highest BCUT2D eigenvalue weighted by Crippen LogP contribution is 2.13. The minimum Gasteiger partial charge on any atom is -0.475 e. The van der Waals surface area contributed by atoms with Crippen LogP contribution in [0.3, 0.4) is 0 Å². The predicted octanol–water partition coefficient (Wildman–Crippen LogP) is 2.13. The fourth-order valence-corrected chi connectivity index (χ4v) is 1.99. The van der Waals surface area contributed by atoms with Crippen LogP contribution in [0, 0.1) is 0 Å². The zero-order valence-corrected chi connectivity index (χ0v) is 10.1. The number of anilines is 1. The summed E-state index contributed by atoms with van der Waals surface area (Å²) in [6, 6.07) is 5.78. The average molecular weight is 250 g/mol. The second-order valence-electron chi connectivity index (χ2n) is 3.44. The van der Waals surface area contributed by atoms with Gasteiger partial charge < -0.3 is 15.2 Å². The maximum atomic E-state index is 8.61. The zero-order chi connectivity index (χ0) is 11.9. The van der Waals surface area contributed by atoms with E-state index in [-0.39, 0.29) is 13.2 Å². The summed E-state index contributed by atoms with van der Waals surface area (Å²) in [5.41, 5.74) is 2.21. The highest BCUT2D eigenvalue weighted by Gasteiger charge is 1.97. The van der Waals surface area contributed by atoms with Crippen LogP contribution in [0.15, 0.2) is 35.2 Å². The summed E-state index contributed by atoms with van der Waals surface area (Å²) in [4.78, 5) is 4.12. The van der Waals surface area contributed by atoms with Gasteiger partial charge in [0.2, 0.25) is 5.88 Å². The molecular formula is C12H14N2O2S. The molecule has 2 aromatic rings. The number of hydrogen-bond acceptors (Lipinski definition) is 5. The Bertz CT molecular complexity index is 428. The maximum Gasteiger partial charge on any atom is 0.213 e. The van der Waals surface area contributed by atoms with Crippen molar-refractivity contribution in [3.05, 3.63) is 40.7 Å². The SMILES string of the molecule is OCCOc1ccc(NCc2ccsc2)cn1. The third kappa shape index (κ3) is 3.72. The number of aliphatic hydroxyl groups excluding tert-OH is 1. The number of nitrogens with zero attached hydrogens (tertiary/aromatic N) is 1. The summed E-state index contributed by atoms with van der Waals surface area (Å²) in [5, 5.41) is 16.0. The first-order chi connectivity index (χ1) is 8.38. The number of nitrogens with one attached hydrogen (secondary N) is 1. The van der Waals surface area contributed by atoms with Crippen LogP contribution in [0.5, 0.6) is 5.88 Å². The molecule has 0 spiro atoms. The molecule has 2 N–H and O–H groups in total. The molecule has 17 heavy (non-hydrogen) atoms. The second kappa shape index (κ2) is 6.22. The Morgan fingerprint density at radius 3 is 2.94 bits per heavy atom. The molecule has 0 amide bonds. The molecule has 4 nitrogen and oxygen atoms in total. The molecule has 0 saturated heterocycles. The summed E-state index contributed by atoms with van der Waals surface area (Å²) in [6.07, 6.45) is 1.72. The van der Waals surface area contributed by atoms with E-state index in [4.69, 9.17) is 9.84 Å². The maximum absolute atomic E-state index is 8.61. The summed E-state index contributed by atoms with van der Waals surface area (Å²) in [5.74, 6) is 0.528. The minimum atomic E-state index is -0.000161. The van der Waals surface area contributed by atoms with Gasteiger partial charge in [-0.1, -0.05) is 0 Å². The molecule has 0 fully saturated rings. The number of aliphatic hydroxyl groups is 1. The van der Waals surface area contributed by atoms with Gasteiger partial charge in [-0.05, 0) is 28.5 Å². The lowest BCUT2D eigenvalue weighted by Crippen LogP contribution is -2.03. The lowest BCUT2D eigenvalue weighted by molar-refractivity contribution is 0.196. The van der Waals surface area contributed by atoms with E-state index in [2.05, 4.69) is 27.1 Å². The molecule has 0 aromatic carbocycles. The fourth-order valence-electron chi connectivity index (χ4n) is 1.32. The molecule has 90 valence electrons. The van der Waals surface area contributed by atoms with Crippen molar-refractivity contribution in [1.82, 2.24) is 4.98 Å². The Labute approximate surface area is 104 Å². The highest BCUT2D eigenvalue weighted by atomic mass is 32.1. The van der Waals surface area contributed by atoms with Gasteiger partial charge in [0.1, 0.15) is 6.61 Å². The van der Waals surface area contributed by atoms with Gasteiger partial charge in [-0.3, -0.25) is 0 Å². The number of hydrogen-bond donors (Lipinski definition) is 2. The third-order valence-corrected chi connectivity index (χ3v) is 2.89. The number of pyridine rings is 1. The number of rotatable bonds is 6. The van der Waals surface area contributed by atoms with E-state index in [9.17, 15) is 0 Å². The molecule has 5 heteroatoms. The number of thiophene rings is 1. The van der Waals surface area contributed by atoms with Crippen LogP contribution in [0.4, 0.5) is 5.69 Å². The summed E-state index contributed by atoms with van der Waals surface area (Å²) in [7, 11) is 0. The van der Waals surface area contributed by atoms with Gasteiger partial charge in [-0.15, -0.1) is 0 Å². The van der Waals surface area contributed by atoms with Gasteiger partial charge in [0.15, 0.2) is 0 Å². The van der Waals surface area contributed by atoms with Crippen LogP contribution in [0.25, 0.3) is 0 Å². The van der Waals surface area contributed by atoms with E-state index in [0.29, 0.717) is 5.88 Å². The molecule has 0 atom stereocenters. The summed E-state index contributed by atoms with van der Waals surface area (Å²) < 4.78 is 5.17. The monoisotopic (exact) mass is 250 g/mol. The van der Waals surface area contributed by atoms with E-state index in [0.717, 1.165) is 12.2 Å². The van der Waals surface area contributed by atoms with Crippen molar-refractivity contribution in [2.75, 3.05) is 18.5 Å². The molecule has 0 unspecified atom stereocenters. The lowest BCUT2D eigenvalue weighted by atomic mass is 10.3. The van der Waals surface area contributed by atoms with Gasteiger partial charge in [-0.2, -0.15) is 11.3 Å². The first-order valence-corrected chi connectivity index (χ1v) is 6.27. The van der Waals surface area contributed by atoms with Crippen molar-refractivity contribution in [1.29, 1.82) is 0 Å². The van der Waals surface area contributed by atoms with E-state index in [1.54, 1.807) is 23.6 Å². The fraction of sp³-hybridized carbons (Fsp3) is 0.250. The Kier molecular flexibility index (Phi) is 4.35. The normalized spacial score (nSPS) is 10.2. The zero-order valence-electron chi connectivity index (χ0n) is 9.30. The largest absolute Gasteiger partial charge is 0.475 e. The van der Waals surface area contributed by atoms with Crippen molar-refractivity contribution in [2.45, 2.75) is 6.54 Å². The van der Waals surface area contributed by atoms with Gasteiger partial charge >= 0.3 is 0 Å². The van der Waals surface area contributed by atoms with Gasteiger partial charge in [-0.25, -0.2) is 4.98 Å². The van der Waals surface area contributed by atoms with Crippen molar-refractivity contribution >= 4 is 17.0 Å². The third-order valence-electron chi connectivity index (χ3n) is 2.15. The highest BCUT2D eigenvalue weighted by molar-refractivity contribution is 7.07. The molecule has 0 aliphatic carbocycles. The Morgan fingerprint density at radius 1 is 1.35 bits per heavy atom. The number of aromatic nitrogens is 1. The van der Waals surface area contributed by atoms with E-state index >= 15 is 0 Å². The topological polar surface area (TPSA) is 54.4 Å². The summed E-state index contributed by atoms with van der Waals surface area (Å²) in [6.45, 7) is 1.07. The number of ether oxygens (including phenoxy) is 1. The molecule has 0 aliphatic rings. The molecule has 2 heterocycles. The Morgan fingerprint density at radius 2 is 2.29 bits per heavy atom. The smallest absolute Gasteiger partial charge is 0.213 e. The first kappa shape index (κ1) is 11.9. The molecular weight excluding hydrogens is 236 g/mol. The summed E-state index contributed by atoms with van der Waals surface area (Å²) >= 11 is 1.69. The van der Waals surface area contributed by atoms with Gasteiger partial charge in [0, 0.05) is 12.6 Å². The Hall–Kier alpha value is -1.59. The molecule has 0 bridgehead atoms. The molecule has 0 aliphatic heterocycles. The van der Waals surface area contributed by atoms with Crippen molar-refractivity contribution < 1.29 is 9.84 Å². The van der Waals surface area contributed by atoms with Crippen molar-refractivity contribution in [3.8, 4) is 5.88 Å². The van der Waals surface area contributed by atoms with Crippen LogP contribution in [-0.4, -0.2) is 23.3 Å². The minimum absolute atomic E-state index is 0.000161. The van der Waals surface area contributed by atoms with Crippen LogP contribution in [0.1, 0.15) is 5.56 Å². The van der Waals surface area contributed by atoms with Crippen LogP contribution < -0.4 is 10.1 Å².